The first-order chi connectivity index (χ1) is 9.46. The number of alkyl carbamates (subject to hydrolysis) is 1. The van der Waals surface area contributed by atoms with Gasteiger partial charge in [-0.1, -0.05) is 11.6 Å². The molecular weight excluding hydrogens is 328 g/mol. The fraction of sp³-hybridized carbons (Fsp3) is 0.364. The third-order valence-electron chi connectivity index (χ3n) is 2.37. The van der Waals surface area contributed by atoms with Gasteiger partial charge >= 0.3 is 18.4 Å². The average molecular weight is 336 g/mol. The van der Waals surface area contributed by atoms with Gasteiger partial charge in [-0.15, -0.1) is 0 Å². The Bertz CT molecular complexity index is 505. The van der Waals surface area contributed by atoms with Crippen molar-refractivity contribution in [1.29, 1.82) is 0 Å². The highest BCUT2D eigenvalue weighted by molar-refractivity contribution is 6.32. The molecule has 0 heterocycles. The van der Waals surface area contributed by atoms with Gasteiger partial charge in [0.05, 0.1) is 23.3 Å². The SMILES string of the molecule is COC(=O)NCc1cc(C(F)(F)F)c(Cl)c(C(F)(F)F)c1. The van der Waals surface area contributed by atoms with Crippen LogP contribution in [0.2, 0.25) is 5.02 Å². The highest BCUT2D eigenvalue weighted by atomic mass is 35.5. The molecule has 0 aromatic heterocycles. The molecule has 3 nitrogen and oxygen atoms in total. The van der Waals surface area contributed by atoms with E-state index in [9.17, 15) is 31.1 Å². The first kappa shape index (κ1) is 17.4. The topological polar surface area (TPSA) is 38.3 Å². The van der Waals surface area contributed by atoms with E-state index in [0.717, 1.165) is 7.11 Å². The molecule has 1 aromatic carbocycles. The average Bonchev–Trinajstić information content (AvgIpc) is 2.34. The number of alkyl halides is 6. The number of methoxy groups -OCH3 is 1. The van der Waals surface area contributed by atoms with Crippen LogP contribution in [0.3, 0.4) is 0 Å². The second-order valence-electron chi connectivity index (χ2n) is 3.85. The molecule has 0 fully saturated rings. The van der Waals surface area contributed by atoms with Crippen LogP contribution in [0.1, 0.15) is 16.7 Å². The van der Waals surface area contributed by atoms with Gasteiger partial charge in [-0.05, 0) is 17.7 Å². The second-order valence-corrected chi connectivity index (χ2v) is 4.22. The van der Waals surface area contributed by atoms with E-state index in [1.165, 1.54) is 0 Å². The van der Waals surface area contributed by atoms with Gasteiger partial charge in [-0.2, -0.15) is 26.3 Å². The second kappa shape index (κ2) is 6.00. The molecule has 0 saturated carbocycles. The molecule has 0 aliphatic rings. The van der Waals surface area contributed by atoms with Crippen LogP contribution in [-0.4, -0.2) is 13.2 Å². The van der Waals surface area contributed by atoms with Crippen LogP contribution in [0.5, 0.6) is 0 Å². The number of ether oxygens (including phenoxy) is 1. The third-order valence-corrected chi connectivity index (χ3v) is 2.77. The van der Waals surface area contributed by atoms with Crippen LogP contribution in [-0.2, 0) is 23.6 Å². The van der Waals surface area contributed by atoms with Gasteiger partial charge in [0.25, 0.3) is 0 Å². The van der Waals surface area contributed by atoms with Crippen molar-refractivity contribution in [3.05, 3.63) is 33.8 Å². The van der Waals surface area contributed by atoms with Crippen LogP contribution < -0.4 is 5.32 Å². The van der Waals surface area contributed by atoms with E-state index in [2.05, 4.69) is 4.74 Å². The summed E-state index contributed by atoms with van der Waals surface area (Å²) in [6.45, 7) is -0.573. The fourth-order valence-electron chi connectivity index (χ4n) is 1.45. The van der Waals surface area contributed by atoms with Crippen molar-refractivity contribution in [3.8, 4) is 0 Å². The van der Waals surface area contributed by atoms with E-state index in [1.54, 1.807) is 0 Å². The molecule has 21 heavy (non-hydrogen) atoms. The maximum atomic E-state index is 12.7. The summed E-state index contributed by atoms with van der Waals surface area (Å²) in [6, 6.07) is 0.876. The van der Waals surface area contributed by atoms with Crippen LogP contribution in [0.4, 0.5) is 31.1 Å². The van der Waals surface area contributed by atoms with Crippen LogP contribution >= 0.6 is 11.6 Å². The van der Waals surface area contributed by atoms with Crippen molar-refractivity contribution in [2.75, 3.05) is 7.11 Å². The third kappa shape index (κ3) is 4.42. The quantitative estimate of drug-likeness (QED) is 0.821. The minimum Gasteiger partial charge on any atom is -0.453 e. The number of hydrogen-bond donors (Lipinski definition) is 1. The Morgan fingerprint density at radius 2 is 1.57 bits per heavy atom. The van der Waals surface area contributed by atoms with Crippen molar-refractivity contribution in [2.24, 2.45) is 0 Å². The number of carbonyl (C=O) groups is 1. The van der Waals surface area contributed by atoms with E-state index in [0.29, 0.717) is 12.1 Å². The van der Waals surface area contributed by atoms with Gasteiger partial charge < -0.3 is 10.1 Å². The molecule has 0 radical (unpaired) electrons. The highest BCUT2D eigenvalue weighted by Gasteiger charge is 2.40. The van der Waals surface area contributed by atoms with E-state index >= 15 is 0 Å². The molecule has 1 aromatic rings. The molecule has 1 amide bonds. The summed E-state index contributed by atoms with van der Waals surface area (Å²) in [5.41, 5.74) is -3.66. The fourth-order valence-corrected chi connectivity index (χ4v) is 1.77. The molecule has 1 N–H and O–H groups in total. The molecule has 0 spiro atoms. The van der Waals surface area contributed by atoms with Crippen molar-refractivity contribution < 1.29 is 35.9 Å². The largest absolute Gasteiger partial charge is 0.453 e. The van der Waals surface area contributed by atoms with E-state index in [4.69, 9.17) is 11.6 Å². The van der Waals surface area contributed by atoms with Crippen molar-refractivity contribution in [2.45, 2.75) is 18.9 Å². The van der Waals surface area contributed by atoms with E-state index in [-0.39, 0.29) is 0 Å². The van der Waals surface area contributed by atoms with E-state index < -0.39 is 46.7 Å². The number of amides is 1. The minimum absolute atomic E-state index is 0.413. The molecule has 118 valence electrons. The summed E-state index contributed by atoms with van der Waals surface area (Å²) < 4.78 is 80.4. The Morgan fingerprint density at radius 3 is 1.90 bits per heavy atom. The molecule has 0 aliphatic heterocycles. The minimum atomic E-state index is -5.06. The number of benzene rings is 1. The Hall–Kier alpha value is -1.64. The predicted octanol–water partition coefficient (Wildman–Crippen LogP) is 4.23. The Kier molecular flexibility index (Phi) is 4.98. The Balaban J connectivity index is 3.31. The summed E-state index contributed by atoms with van der Waals surface area (Å²) in [6.07, 6.45) is -11.1. The lowest BCUT2D eigenvalue weighted by molar-refractivity contribution is -0.142. The zero-order chi connectivity index (χ0) is 16.4. The molecule has 0 bridgehead atoms. The van der Waals surface area contributed by atoms with Gasteiger partial charge in [0.1, 0.15) is 0 Å². The maximum absolute atomic E-state index is 12.7. The van der Waals surface area contributed by atoms with Gasteiger partial charge in [0.15, 0.2) is 0 Å². The lowest BCUT2D eigenvalue weighted by Gasteiger charge is -2.17. The smallest absolute Gasteiger partial charge is 0.417 e. The maximum Gasteiger partial charge on any atom is 0.417 e. The predicted molar refractivity (Wildman–Crippen MR) is 60.7 cm³/mol. The number of rotatable bonds is 2. The van der Waals surface area contributed by atoms with Gasteiger partial charge in [-0.3, -0.25) is 0 Å². The van der Waals surface area contributed by atoms with Gasteiger partial charge in [-0.25, -0.2) is 4.79 Å². The Labute approximate surface area is 119 Å². The summed E-state index contributed by atoms with van der Waals surface area (Å²) >= 11 is 5.19. The monoisotopic (exact) mass is 335 g/mol. The van der Waals surface area contributed by atoms with Crippen molar-refractivity contribution >= 4 is 17.7 Å². The molecule has 0 unspecified atom stereocenters. The standard InChI is InChI=1S/C11H8ClF6NO2/c1-21-9(20)19-4-5-2-6(10(13,14)15)8(12)7(3-5)11(16,17)18/h2-3H,4H2,1H3,(H,19,20). The van der Waals surface area contributed by atoms with Gasteiger partial charge in [0.2, 0.25) is 0 Å². The number of halogens is 7. The zero-order valence-corrected chi connectivity index (χ0v) is 11.1. The summed E-state index contributed by atoms with van der Waals surface area (Å²) in [5, 5.41) is 0.553. The molecule has 1 rings (SSSR count). The van der Waals surface area contributed by atoms with Crippen molar-refractivity contribution in [1.82, 2.24) is 5.32 Å². The Morgan fingerprint density at radius 1 is 1.14 bits per heavy atom. The van der Waals surface area contributed by atoms with Crippen LogP contribution in [0.15, 0.2) is 12.1 Å². The first-order valence-electron chi connectivity index (χ1n) is 5.25. The van der Waals surface area contributed by atoms with E-state index in [1.807, 2.05) is 5.32 Å². The first-order valence-corrected chi connectivity index (χ1v) is 5.63. The van der Waals surface area contributed by atoms with Gasteiger partial charge in [0, 0.05) is 6.54 Å². The number of hydrogen-bond acceptors (Lipinski definition) is 2. The normalized spacial score (nSPS) is 12.2. The van der Waals surface area contributed by atoms with Crippen LogP contribution in [0, 0.1) is 0 Å². The summed E-state index contributed by atoms with van der Waals surface area (Å²) in [7, 11) is 0.999. The van der Waals surface area contributed by atoms with Crippen LogP contribution in [0.25, 0.3) is 0 Å². The van der Waals surface area contributed by atoms with Crippen molar-refractivity contribution in [3.63, 3.8) is 0 Å². The highest BCUT2D eigenvalue weighted by Crippen LogP contribution is 2.42. The number of carbonyl (C=O) groups excluding carboxylic acids is 1. The lowest BCUT2D eigenvalue weighted by atomic mass is 10.0. The molecule has 0 aliphatic carbocycles. The molecular formula is C11H8ClF6NO2. The number of nitrogens with one attached hydrogen (secondary N) is 1. The summed E-state index contributed by atoms with van der Waals surface area (Å²) in [4.78, 5) is 10.8. The lowest BCUT2D eigenvalue weighted by Crippen LogP contribution is -2.23. The molecule has 0 atom stereocenters. The molecule has 0 saturated heterocycles. The summed E-state index contributed by atoms with van der Waals surface area (Å²) in [5.74, 6) is 0. The molecule has 10 heteroatoms. The zero-order valence-electron chi connectivity index (χ0n) is 10.3.